The van der Waals surface area contributed by atoms with E-state index < -0.39 is 17.4 Å². The Balaban J connectivity index is 1.06. The van der Waals surface area contributed by atoms with Gasteiger partial charge in [0.25, 0.3) is 0 Å². The third-order valence-corrected chi connectivity index (χ3v) is 9.59. The molecule has 2 aliphatic heterocycles. The first kappa shape index (κ1) is 31.9. The van der Waals surface area contributed by atoms with E-state index in [1.54, 1.807) is 18.2 Å². The van der Waals surface area contributed by atoms with Crippen molar-refractivity contribution in [2.75, 3.05) is 18.0 Å². The summed E-state index contributed by atoms with van der Waals surface area (Å²) in [7, 11) is 0. The number of piperazine rings is 1. The number of ether oxygens (including phenoxy) is 3. The average molecular weight is 683 g/mol. The zero-order chi connectivity index (χ0) is 35.0. The number of hydrogen-bond acceptors (Lipinski definition) is 10. The highest BCUT2D eigenvalue weighted by Crippen LogP contribution is 2.41. The molecule has 2 saturated heterocycles. The van der Waals surface area contributed by atoms with Gasteiger partial charge in [-0.3, -0.25) is 4.90 Å². The van der Waals surface area contributed by atoms with Crippen LogP contribution in [-0.4, -0.2) is 62.0 Å². The van der Waals surface area contributed by atoms with Crippen LogP contribution in [0, 0.1) is 0 Å². The standard InChI is InChI=1S/C39H34N6O6/c1-39-17-16-28(45(39)37(47)49-22-25-10-4-2-5-11-25)21-44(24-39)35-34-33(40-36(46)41-35)20-32(42-43-34)31-19-29(18-27-14-8-9-15-30(27)31)51-38(48)50-23-26-12-6-3-7-13-26/h2-15,18-20,28H,16-17,21-24H2,1H3,(H,40,41,46)/t28-,39+/m1/s1. The second-order valence-electron chi connectivity index (χ2n) is 13.2. The number of aromatic amines is 1. The van der Waals surface area contributed by atoms with Gasteiger partial charge in [0.2, 0.25) is 0 Å². The molecule has 2 aliphatic rings. The van der Waals surface area contributed by atoms with Gasteiger partial charge in [-0.05, 0) is 59.9 Å². The van der Waals surface area contributed by atoms with Crippen LogP contribution < -0.4 is 15.3 Å². The van der Waals surface area contributed by atoms with E-state index in [0.717, 1.165) is 34.7 Å². The average Bonchev–Trinajstić information content (AvgIpc) is 3.36. The number of fused-ring (bicyclic) bond motifs is 4. The molecule has 1 N–H and O–H groups in total. The lowest BCUT2D eigenvalue weighted by molar-refractivity contribution is 0.0467. The maximum atomic E-state index is 13.3. The second-order valence-corrected chi connectivity index (χ2v) is 13.2. The molecular formula is C39H34N6O6. The van der Waals surface area contributed by atoms with Gasteiger partial charge in [0.15, 0.2) is 11.3 Å². The maximum Gasteiger partial charge on any atom is 0.514 e. The molecule has 1 amide bonds. The fraction of sp³-hybridized carbons (Fsp3) is 0.231. The summed E-state index contributed by atoms with van der Waals surface area (Å²) in [4.78, 5) is 50.0. The molecule has 0 saturated carbocycles. The Hall–Kier alpha value is -6.30. The van der Waals surface area contributed by atoms with Crippen LogP contribution >= 0.6 is 0 Å². The number of anilines is 1. The largest absolute Gasteiger partial charge is 0.514 e. The van der Waals surface area contributed by atoms with Gasteiger partial charge < -0.3 is 24.1 Å². The molecule has 12 nitrogen and oxygen atoms in total. The molecule has 2 bridgehead atoms. The number of amides is 1. The van der Waals surface area contributed by atoms with E-state index in [1.165, 1.54) is 0 Å². The number of carbonyl (C=O) groups excluding carboxylic acids is 2. The number of hydrogen-bond donors (Lipinski definition) is 1. The molecule has 51 heavy (non-hydrogen) atoms. The smallest absolute Gasteiger partial charge is 0.445 e. The van der Waals surface area contributed by atoms with Gasteiger partial charge in [-0.1, -0.05) is 84.9 Å². The monoisotopic (exact) mass is 682 g/mol. The van der Waals surface area contributed by atoms with E-state index in [9.17, 15) is 14.4 Å². The highest BCUT2D eigenvalue weighted by atomic mass is 16.7. The van der Waals surface area contributed by atoms with Crippen molar-refractivity contribution in [3.05, 3.63) is 125 Å². The van der Waals surface area contributed by atoms with E-state index in [1.807, 2.05) is 102 Å². The fourth-order valence-electron chi connectivity index (χ4n) is 7.24. The summed E-state index contributed by atoms with van der Waals surface area (Å²) in [6.07, 6.45) is 0.406. The Labute approximate surface area is 292 Å². The van der Waals surface area contributed by atoms with Crippen molar-refractivity contribution in [3.63, 3.8) is 0 Å². The first-order valence-electron chi connectivity index (χ1n) is 16.8. The van der Waals surface area contributed by atoms with Gasteiger partial charge in [0.05, 0.1) is 22.8 Å². The number of aromatic nitrogens is 4. The molecule has 4 aromatic carbocycles. The van der Waals surface area contributed by atoms with E-state index in [-0.39, 0.29) is 31.1 Å². The Morgan fingerprint density at radius 1 is 0.882 bits per heavy atom. The lowest BCUT2D eigenvalue weighted by Gasteiger charge is -2.46. The van der Waals surface area contributed by atoms with E-state index in [2.05, 4.69) is 20.2 Å². The Morgan fingerprint density at radius 3 is 2.33 bits per heavy atom. The lowest BCUT2D eigenvalue weighted by Crippen LogP contribution is -2.62. The van der Waals surface area contributed by atoms with Gasteiger partial charge in [-0.2, -0.15) is 4.98 Å². The predicted octanol–water partition coefficient (Wildman–Crippen LogP) is 6.63. The SMILES string of the molecule is C[C@]12CC[C@H](CN(c3nc(=O)[nH]c4cc(-c5cc(OC(=O)OCc6ccccc6)cc6ccccc56)nnc34)C1)N2C(=O)OCc1ccccc1. The van der Waals surface area contributed by atoms with Crippen LogP contribution in [-0.2, 0) is 22.7 Å². The number of H-pyrrole nitrogens is 1. The van der Waals surface area contributed by atoms with Gasteiger partial charge in [-0.15, -0.1) is 10.2 Å². The molecule has 0 radical (unpaired) electrons. The van der Waals surface area contributed by atoms with Crippen LogP contribution in [0.2, 0.25) is 0 Å². The van der Waals surface area contributed by atoms with Gasteiger partial charge in [0, 0.05) is 18.7 Å². The molecule has 4 heterocycles. The van der Waals surface area contributed by atoms with Gasteiger partial charge in [-0.25, -0.2) is 14.4 Å². The molecule has 2 aromatic heterocycles. The highest BCUT2D eigenvalue weighted by Gasteiger charge is 2.52. The summed E-state index contributed by atoms with van der Waals surface area (Å²) in [5.41, 5.74) is 2.72. The molecule has 8 rings (SSSR count). The summed E-state index contributed by atoms with van der Waals surface area (Å²) in [6, 6.07) is 31.7. The molecule has 0 aliphatic carbocycles. The number of nitrogens with zero attached hydrogens (tertiary/aromatic N) is 5. The molecule has 6 aromatic rings. The molecule has 2 fully saturated rings. The van der Waals surface area contributed by atoms with Crippen molar-refractivity contribution in [3.8, 4) is 17.0 Å². The number of benzene rings is 4. The number of carbonyl (C=O) groups is 2. The van der Waals surface area contributed by atoms with E-state index >= 15 is 0 Å². The first-order valence-corrected chi connectivity index (χ1v) is 16.8. The summed E-state index contributed by atoms with van der Waals surface area (Å²) in [6.45, 7) is 3.23. The minimum Gasteiger partial charge on any atom is -0.445 e. The van der Waals surface area contributed by atoms with Crippen LogP contribution in [0.1, 0.15) is 30.9 Å². The fourth-order valence-corrected chi connectivity index (χ4v) is 7.24. The summed E-state index contributed by atoms with van der Waals surface area (Å²) in [5, 5.41) is 10.8. The number of nitrogens with one attached hydrogen (secondary N) is 1. The van der Waals surface area contributed by atoms with Crippen LogP contribution in [0.3, 0.4) is 0 Å². The minimum atomic E-state index is -0.836. The maximum absolute atomic E-state index is 13.3. The van der Waals surface area contributed by atoms with Crippen LogP contribution in [0.4, 0.5) is 15.4 Å². The second kappa shape index (κ2) is 13.2. The lowest BCUT2D eigenvalue weighted by atomic mass is 9.98. The number of rotatable bonds is 7. The molecule has 256 valence electrons. The highest BCUT2D eigenvalue weighted by molar-refractivity contribution is 5.99. The Kier molecular flexibility index (Phi) is 8.26. The van der Waals surface area contributed by atoms with Crippen LogP contribution in [0.25, 0.3) is 33.1 Å². The third-order valence-electron chi connectivity index (χ3n) is 9.59. The van der Waals surface area contributed by atoms with E-state index in [0.29, 0.717) is 41.2 Å². The van der Waals surface area contributed by atoms with Crippen LogP contribution in [0.5, 0.6) is 5.75 Å². The summed E-state index contributed by atoms with van der Waals surface area (Å²) >= 11 is 0. The van der Waals surface area contributed by atoms with Crippen molar-refractivity contribution < 1.29 is 23.8 Å². The predicted molar refractivity (Wildman–Crippen MR) is 190 cm³/mol. The van der Waals surface area contributed by atoms with Crippen molar-refractivity contribution >= 4 is 39.9 Å². The topological polar surface area (TPSA) is 140 Å². The quantitative estimate of drug-likeness (QED) is 0.144. The zero-order valence-electron chi connectivity index (χ0n) is 27.8. The van der Waals surface area contributed by atoms with E-state index in [4.69, 9.17) is 14.2 Å². The molecule has 0 spiro atoms. The summed E-state index contributed by atoms with van der Waals surface area (Å²) in [5.74, 6) is 0.683. The Morgan fingerprint density at radius 2 is 1.59 bits per heavy atom. The van der Waals surface area contributed by atoms with Crippen molar-refractivity contribution in [2.45, 2.75) is 44.6 Å². The van der Waals surface area contributed by atoms with Crippen molar-refractivity contribution in [1.82, 2.24) is 25.1 Å². The van der Waals surface area contributed by atoms with Gasteiger partial charge in [0.1, 0.15) is 19.0 Å². The minimum absolute atomic E-state index is 0.0767. The van der Waals surface area contributed by atoms with Crippen LogP contribution in [0.15, 0.2) is 108 Å². The molecule has 0 unspecified atom stereocenters. The Bertz CT molecular complexity index is 2320. The molecule has 12 heteroatoms. The normalized spacial score (nSPS) is 18.2. The zero-order valence-corrected chi connectivity index (χ0v) is 27.8. The summed E-state index contributed by atoms with van der Waals surface area (Å²) < 4.78 is 16.7. The van der Waals surface area contributed by atoms with Crippen molar-refractivity contribution in [1.29, 1.82) is 0 Å². The van der Waals surface area contributed by atoms with Gasteiger partial charge >= 0.3 is 17.9 Å². The first-order chi connectivity index (χ1) is 24.8. The molecule has 2 atom stereocenters. The third kappa shape index (κ3) is 6.43. The molecular weight excluding hydrogens is 648 g/mol. The van der Waals surface area contributed by atoms with Crippen molar-refractivity contribution in [2.24, 2.45) is 0 Å².